The Kier molecular flexibility index (Phi) is 11.9. The largest absolute Gasteiger partial charge is 0.494 e. The van der Waals surface area contributed by atoms with Crippen molar-refractivity contribution in [2.75, 3.05) is 46.3 Å². The molecule has 1 unspecified atom stereocenters. The number of carbonyl (C=O) groups excluding carboxylic acids is 1. The Morgan fingerprint density at radius 2 is 1.89 bits per heavy atom. The lowest BCUT2D eigenvalue weighted by Crippen LogP contribution is -2.53. The van der Waals surface area contributed by atoms with E-state index in [1.807, 2.05) is 26.0 Å². The number of hydrogen-bond acceptors (Lipinski definition) is 12. The first kappa shape index (κ1) is 34.5. The first-order chi connectivity index (χ1) is 22.2. The minimum Gasteiger partial charge on any atom is -0.494 e. The average Bonchev–Trinajstić information content (AvgIpc) is 3.79. The number of carbonyl (C=O) groups is 1. The van der Waals surface area contributed by atoms with E-state index in [0.29, 0.717) is 43.5 Å². The number of ether oxygens (including phenoxy) is 6. The Bertz CT molecular complexity index is 1410. The lowest BCUT2D eigenvalue weighted by atomic mass is 10.00. The highest BCUT2D eigenvalue weighted by molar-refractivity contribution is 7.89. The summed E-state index contributed by atoms with van der Waals surface area (Å²) in [5, 5.41) is 14.2. The maximum Gasteiger partial charge on any atom is 0.407 e. The Morgan fingerprint density at radius 1 is 1.11 bits per heavy atom. The summed E-state index contributed by atoms with van der Waals surface area (Å²) in [7, 11) is -4.15. The van der Waals surface area contributed by atoms with Crippen molar-refractivity contribution in [3.05, 3.63) is 48.0 Å². The van der Waals surface area contributed by atoms with Crippen LogP contribution in [-0.4, -0.2) is 94.8 Å². The van der Waals surface area contributed by atoms with Crippen molar-refractivity contribution >= 4 is 29.0 Å². The van der Waals surface area contributed by atoms with Gasteiger partial charge in [-0.15, -0.1) is 0 Å². The fourth-order valence-electron chi connectivity index (χ4n) is 5.70. The summed E-state index contributed by atoms with van der Waals surface area (Å²) in [5.41, 5.74) is 0.766. The third-order valence-corrected chi connectivity index (χ3v) is 10.1. The molecule has 0 radical (unpaired) electrons. The zero-order valence-electron chi connectivity index (χ0n) is 25.9. The van der Waals surface area contributed by atoms with E-state index in [9.17, 15) is 18.3 Å². The number of thiol groups is 1. The van der Waals surface area contributed by atoms with Crippen molar-refractivity contribution in [1.29, 1.82) is 0 Å². The van der Waals surface area contributed by atoms with E-state index in [1.165, 1.54) is 16.4 Å². The summed E-state index contributed by atoms with van der Waals surface area (Å²) in [4.78, 5) is 12.8. The van der Waals surface area contributed by atoms with E-state index in [-0.39, 0.29) is 55.9 Å². The monoisotopic (exact) mass is 682 g/mol. The highest BCUT2D eigenvalue weighted by Gasteiger charge is 2.44. The number of aliphatic hydroxyl groups is 1. The van der Waals surface area contributed by atoms with Crippen molar-refractivity contribution in [3.63, 3.8) is 0 Å². The van der Waals surface area contributed by atoms with Crippen LogP contribution in [0.5, 0.6) is 17.2 Å². The Hall–Kier alpha value is -2.79. The molecule has 0 saturated carbocycles. The molecule has 0 spiro atoms. The number of alkyl carbamates (subject to hydrolysis) is 1. The number of sulfonamides is 1. The second-order valence-electron chi connectivity index (χ2n) is 11.9. The van der Waals surface area contributed by atoms with Gasteiger partial charge in [-0.1, -0.05) is 26.0 Å². The fraction of sp³-hybridized carbons (Fsp3) is 0.581. The predicted molar refractivity (Wildman–Crippen MR) is 168 cm³/mol. The first-order valence-electron chi connectivity index (χ1n) is 15.4. The van der Waals surface area contributed by atoms with Crippen LogP contribution >= 0.6 is 12.9 Å². The van der Waals surface area contributed by atoms with Gasteiger partial charge in [0.05, 0.1) is 49.4 Å². The molecule has 2 aromatic rings. The molecule has 0 bridgehead atoms. The molecule has 5 rings (SSSR count). The van der Waals surface area contributed by atoms with Crippen LogP contribution in [0.3, 0.4) is 0 Å². The van der Waals surface area contributed by atoms with E-state index in [0.717, 1.165) is 12.0 Å². The second kappa shape index (κ2) is 15.9. The third kappa shape index (κ3) is 8.56. The normalized spacial score (nSPS) is 21.7. The number of hydrogen-bond donors (Lipinski definition) is 3. The van der Waals surface area contributed by atoms with Gasteiger partial charge in [-0.3, -0.25) is 0 Å². The number of rotatable bonds is 16. The van der Waals surface area contributed by atoms with Gasteiger partial charge >= 0.3 is 6.09 Å². The summed E-state index contributed by atoms with van der Waals surface area (Å²) in [6, 6.07) is 10.7. The molecule has 2 aromatic carbocycles. The molecule has 3 heterocycles. The summed E-state index contributed by atoms with van der Waals surface area (Å²) >= 11 is 3.73. The lowest BCUT2D eigenvalue weighted by molar-refractivity contribution is -0.0907. The van der Waals surface area contributed by atoms with Gasteiger partial charge in [0, 0.05) is 25.6 Å². The minimum absolute atomic E-state index is 0.00172. The lowest BCUT2D eigenvalue weighted by Gasteiger charge is -2.35. The number of benzene rings is 2. The fourth-order valence-corrected chi connectivity index (χ4v) is 7.66. The topological polar surface area (TPSA) is 151 Å². The van der Waals surface area contributed by atoms with Gasteiger partial charge in [-0.2, -0.15) is 4.31 Å². The molecular formula is C31H42N2O11S2. The smallest absolute Gasteiger partial charge is 0.407 e. The van der Waals surface area contributed by atoms with Crippen LogP contribution < -0.4 is 19.5 Å². The maximum absolute atomic E-state index is 14.2. The minimum atomic E-state index is -4.15. The molecular weight excluding hydrogens is 640 g/mol. The quantitative estimate of drug-likeness (QED) is 0.136. The van der Waals surface area contributed by atoms with Crippen molar-refractivity contribution < 1.29 is 50.9 Å². The Labute approximate surface area is 275 Å². The van der Waals surface area contributed by atoms with Gasteiger partial charge in [0.25, 0.3) is 0 Å². The summed E-state index contributed by atoms with van der Waals surface area (Å²) < 4.78 is 67.8. The average molecular weight is 683 g/mol. The molecule has 46 heavy (non-hydrogen) atoms. The van der Waals surface area contributed by atoms with Crippen molar-refractivity contribution in [1.82, 2.24) is 9.62 Å². The van der Waals surface area contributed by atoms with Gasteiger partial charge in [-0.05, 0) is 61.5 Å². The van der Waals surface area contributed by atoms with Crippen LogP contribution in [0.2, 0.25) is 0 Å². The third-order valence-electron chi connectivity index (χ3n) is 8.03. The molecule has 2 saturated heterocycles. The van der Waals surface area contributed by atoms with Crippen molar-refractivity contribution in [2.24, 2.45) is 11.8 Å². The molecule has 5 atom stereocenters. The molecule has 3 aliphatic rings. The molecule has 3 aliphatic heterocycles. The van der Waals surface area contributed by atoms with E-state index < -0.39 is 34.4 Å². The zero-order chi connectivity index (χ0) is 32.7. The highest BCUT2D eigenvalue weighted by Crippen LogP contribution is 2.36. The molecule has 15 heteroatoms. The van der Waals surface area contributed by atoms with Gasteiger partial charge in [-0.25, -0.2) is 13.2 Å². The molecule has 254 valence electrons. The van der Waals surface area contributed by atoms with Crippen LogP contribution in [0.15, 0.2) is 47.4 Å². The number of aliphatic hydroxyl groups excluding tert-OH is 1. The van der Waals surface area contributed by atoms with Gasteiger partial charge in [0.15, 0.2) is 17.8 Å². The Balaban J connectivity index is 1.35. The molecule has 2 N–H and O–H groups in total. The Morgan fingerprint density at radius 3 is 2.65 bits per heavy atom. The zero-order valence-corrected chi connectivity index (χ0v) is 27.6. The van der Waals surface area contributed by atoms with E-state index in [1.54, 1.807) is 18.2 Å². The second-order valence-corrected chi connectivity index (χ2v) is 14.0. The standard InChI is InChI=1S/C31H42N2O11S2/c1-20(2)17-33(46(36,37)23-8-9-27-28(15-23)42-19-41-27)25(14-21-4-6-22(7-5-21)38-11-3-12-43-45)26(34)16-32-31(35)44-29-18-40-30-24(29)10-13-39-30/h4-9,15,20,24-26,29-30,34,45H,3,10-14,16-19H2,1-2H3,(H,32,35)/t24-,25?,26+,29-,30+/m0/s1. The van der Waals surface area contributed by atoms with Crippen LogP contribution in [0.4, 0.5) is 4.79 Å². The first-order valence-corrected chi connectivity index (χ1v) is 17.2. The summed E-state index contributed by atoms with van der Waals surface area (Å²) in [6.45, 7) is 5.33. The highest BCUT2D eigenvalue weighted by atomic mass is 32.2. The van der Waals surface area contributed by atoms with Crippen molar-refractivity contribution in [3.8, 4) is 17.2 Å². The molecule has 1 amide bonds. The SMILES string of the molecule is CC(C)CN(C(Cc1ccc(OCCCOS)cc1)[C@H](O)CNC(=O)O[C@H]1CO[C@H]2OCC[C@H]21)S(=O)(=O)c1ccc2c(c1)OCO2. The van der Waals surface area contributed by atoms with E-state index in [4.69, 9.17) is 32.6 Å². The number of amides is 1. The van der Waals surface area contributed by atoms with Crippen LogP contribution in [0.1, 0.15) is 32.3 Å². The summed E-state index contributed by atoms with van der Waals surface area (Å²) in [5.74, 6) is 1.30. The molecule has 2 fully saturated rings. The van der Waals surface area contributed by atoms with Crippen molar-refractivity contribution in [2.45, 2.75) is 62.5 Å². The number of nitrogens with one attached hydrogen (secondary N) is 1. The van der Waals surface area contributed by atoms with E-state index in [2.05, 4.69) is 18.2 Å². The van der Waals surface area contributed by atoms with Gasteiger partial charge in [0.1, 0.15) is 11.9 Å². The summed E-state index contributed by atoms with van der Waals surface area (Å²) in [6.07, 6.45) is -1.32. The predicted octanol–water partition coefficient (Wildman–Crippen LogP) is 3.15. The van der Waals surface area contributed by atoms with Crippen LogP contribution in [0, 0.1) is 11.8 Å². The van der Waals surface area contributed by atoms with Gasteiger partial charge < -0.3 is 43.0 Å². The van der Waals surface area contributed by atoms with Gasteiger partial charge in [0.2, 0.25) is 16.8 Å². The van der Waals surface area contributed by atoms with E-state index >= 15 is 0 Å². The van der Waals surface area contributed by atoms with Crippen LogP contribution in [-0.2, 0) is 34.8 Å². The maximum atomic E-state index is 14.2. The molecule has 13 nitrogen and oxygen atoms in total. The van der Waals surface area contributed by atoms with Crippen LogP contribution in [0.25, 0.3) is 0 Å². The number of fused-ring (bicyclic) bond motifs is 2. The number of nitrogens with zero attached hydrogens (tertiary/aromatic N) is 1. The molecule has 0 aliphatic carbocycles. The molecule has 0 aromatic heterocycles.